The Kier molecular flexibility index (Phi) is 5.14. The van der Waals surface area contributed by atoms with Gasteiger partial charge in [0.2, 0.25) is 0 Å². The molecule has 1 atom stereocenters. The van der Waals surface area contributed by atoms with Gasteiger partial charge >= 0.3 is 0 Å². The Balaban J connectivity index is 2.59. The molecule has 1 aliphatic heterocycles. The van der Waals surface area contributed by atoms with Crippen molar-refractivity contribution in [2.75, 3.05) is 26.4 Å². The van der Waals surface area contributed by atoms with Crippen molar-refractivity contribution in [1.29, 1.82) is 0 Å². The van der Waals surface area contributed by atoms with Crippen molar-refractivity contribution in [2.45, 2.75) is 20.0 Å². The summed E-state index contributed by atoms with van der Waals surface area (Å²) in [6, 6.07) is 0. The molecule has 0 aromatic rings. The van der Waals surface area contributed by atoms with E-state index in [1.54, 1.807) is 0 Å². The summed E-state index contributed by atoms with van der Waals surface area (Å²) < 4.78 is 10.8. The number of nitrogens with zero attached hydrogens (tertiary/aromatic N) is 2. The summed E-state index contributed by atoms with van der Waals surface area (Å²) in [5, 5.41) is 0. The fourth-order valence-electron chi connectivity index (χ4n) is 1.29. The zero-order valence-corrected chi connectivity index (χ0v) is 9.90. The SMILES string of the molecule is C=NC(=NCC1COCCO1)C(C)=C(C)N. The maximum atomic E-state index is 5.68. The molecule has 0 aliphatic carbocycles. The van der Waals surface area contributed by atoms with Gasteiger partial charge in [0.1, 0.15) is 6.10 Å². The van der Waals surface area contributed by atoms with Crippen LogP contribution in [-0.4, -0.2) is 45.0 Å². The Labute approximate surface area is 96.1 Å². The van der Waals surface area contributed by atoms with E-state index in [4.69, 9.17) is 15.2 Å². The Morgan fingerprint density at radius 2 is 2.19 bits per heavy atom. The zero-order valence-electron chi connectivity index (χ0n) is 9.90. The van der Waals surface area contributed by atoms with Gasteiger partial charge in [-0.1, -0.05) is 0 Å². The van der Waals surface area contributed by atoms with Gasteiger partial charge in [-0.05, 0) is 20.6 Å². The van der Waals surface area contributed by atoms with E-state index in [0.717, 1.165) is 5.57 Å². The summed E-state index contributed by atoms with van der Waals surface area (Å²) in [6.07, 6.45) is 0.0105. The molecule has 5 heteroatoms. The van der Waals surface area contributed by atoms with Crippen molar-refractivity contribution in [1.82, 2.24) is 0 Å². The molecule has 1 rings (SSSR count). The standard InChI is InChI=1S/C11H19N3O2/c1-8(9(2)12)11(13-3)14-6-10-7-15-4-5-16-10/h10H,3-7,12H2,1-2H3. The highest BCUT2D eigenvalue weighted by molar-refractivity contribution is 6.00. The number of ether oxygens (including phenoxy) is 2. The van der Waals surface area contributed by atoms with Crippen LogP contribution in [-0.2, 0) is 9.47 Å². The van der Waals surface area contributed by atoms with E-state index >= 15 is 0 Å². The Morgan fingerprint density at radius 3 is 2.69 bits per heavy atom. The number of aliphatic imine (C=N–C) groups is 2. The van der Waals surface area contributed by atoms with Crippen molar-refractivity contribution in [3.63, 3.8) is 0 Å². The molecule has 90 valence electrons. The third kappa shape index (κ3) is 3.75. The summed E-state index contributed by atoms with van der Waals surface area (Å²) >= 11 is 0. The maximum Gasteiger partial charge on any atom is 0.151 e. The van der Waals surface area contributed by atoms with E-state index in [2.05, 4.69) is 16.7 Å². The molecule has 1 aliphatic rings. The average molecular weight is 225 g/mol. The second-order valence-corrected chi connectivity index (χ2v) is 3.70. The van der Waals surface area contributed by atoms with E-state index in [-0.39, 0.29) is 6.10 Å². The van der Waals surface area contributed by atoms with Gasteiger partial charge in [0.15, 0.2) is 5.84 Å². The van der Waals surface area contributed by atoms with Crippen LogP contribution in [0.2, 0.25) is 0 Å². The normalized spacial score (nSPS) is 23.9. The predicted octanol–water partition coefficient (Wildman–Crippen LogP) is 0.754. The second-order valence-electron chi connectivity index (χ2n) is 3.70. The van der Waals surface area contributed by atoms with Crippen LogP contribution in [0.1, 0.15) is 13.8 Å². The first-order valence-electron chi connectivity index (χ1n) is 5.29. The Morgan fingerprint density at radius 1 is 1.44 bits per heavy atom. The first kappa shape index (κ1) is 12.9. The molecule has 0 bridgehead atoms. The summed E-state index contributed by atoms with van der Waals surface area (Å²) in [5.41, 5.74) is 7.23. The van der Waals surface area contributed by atoms with Gasteiger partial charge in [0.25, 0.3) is 0 Å². The summed E-state index contributed by atoms with van der Waals surface area (Å²) in [4.78, 5) is 8.19. The number of hydrogen-bond donors (Lipinski definition) is 1. The highest BCUT2D eigenvalue weighted by Gasteiger charge is 2.14. The summed E-state index contributed by atoms with van der Waals surface area (Å²) in [6.45, 7) is 9.57. The molecule has 0 spiro atoms. The van der Waals surface area contributed by atoms with Crippen molar-refractivity contribution in [3.05, 3.63) is 11.3 Å². The van der Waals surface area contributed by atoms with E-state index in [1.165, 1.54) is 0 Å². The van der Waals surface area contributed by atoms with Gasteiger partial charge in [-0.25, -0.2) is 4.99 Å². The monoisotopic (exact) mass is 225 g/mol. The van der Waals surface area contributed by atoms with Crippen LogP contribution >= 0.6 is 0 Å². The topological polar surface area (TPSA) is 69.2 Å². The molecular weight excluding hydrogens is 206 g/mol. The molecule has 0 saturated carbocycles. The number of nitrogens with two attached hydrogens (primary N) is 1. The van der Waals surface area contributed by atoms with Crippen molar-refractivity contribution in [3.8, 4) is 0 Å². The molecule has 16 heavy (non-hydrogen) atoms. The maximum absolute atomic E-state index is 5.68. The van der Waals surface area contributed by atoms with Crippen LogP contribution in [0.3, 0.4) is 0 Å². The quantitative estimate of drug-likeness (QED) is 0.569. The largest absolute Gasteiger partial charge is 0.402 e. The van der Waals surface area contributed by atoms with E-state index in [9.17, 15) is 0 Å². The third-order valence-electron chi connectivity index (χ3n) is 2.41. The van der Waals surface area contributed by atoms with Crippen molar-refractivity contribution in [2.24, 2.45) is 15.7 Å². The minimum atomic E-state index is 0.0105. The van der Waals surface area contributed by atoms with E-state index in [1.807, 2.05) is 13.8 Å². The van der Waals surface area contributed by atoms with E-state index < -0.39 is 0 Å². The minimum absolute atomic E-state index is 0.0105. The molecule has 5 nitrogen and oxygen atoms in total. The summed E-state index contributed by atoms with van der Waals surface area (Å²) in [5.74, 6) is 0.578. The number of amidine groups is 1. The minimum Gasteiger partial charge on any atom is -0.402 e. The van der Waals surface area contributed by atoms with Crippen LogP contribution in [0.15, 0.2) is 21.3 Å². The molecule has 1 fully saturated rings. The first-order valence-corrected chi connectivity index (χ1v) is 5.29. The van der Waals surface area contributed by atoms with Crippen LogP contribution in [0.25, 0.3) is 0 Å². The molecular formula is C11H19N3O2. The van der Waals surface area contributed by atoms with Gasteiger partial charge in [0, 0.05) is 11.3 Å². The summed E-state index contributed by atoms with van der Waals surface area (Å²) in [7, 11) is 0. The number of allylic oxidation sites excluding steroid dienone is 1. The van der Waals surface area contributed by atoms with Crippen LogP contribution in [0.5, 0.6) is 0 Å². The lowest BCUT2D eigenvalue weighted by Gasteiger charge is -2.21. The Bertz CT molecular complexity index is 300. The molecule has 1 unspecified atom stereocenters. The van der Waals surface area contributed by atoms with Gasteiger partial charge in [0.05, 0.1) is 26.4 Å². The highest BCUT2D eigenvalue weighted by atomic mass is 16.6. The van der Waals surface area contributed by atoms with Crippen LogP contribution in [0.4, 0.5) is 0 Å². The molecule has 1 saturated heterocycles. The molecule has 0 radical (unpaired) electrons. The Hall–Kier alpha value is -1.20. The zero-order chi connectivity index (χ0) is 12.0. The van der Waals surface area contributed by atoms with Gasteiger partial charge < -0.3 is 15.2 Å². The van der Waals surface area contributed by atoms with Crippen molar-refractivity contribution >= 4 is 12.6 Å². The van der Waals surface area contributed by atoms with Gasteiger partial charge in [-0.15, -0.1) is 0 Å². The van der Waals surface area contributed by atoms with Crippen molar-refractivity contribution < 1.29 is 9.47 Å². The molecule has 1 heterocycles. The van der Waals surface area contributed by atoms with Crippen LogP contribution in [0, 0.1) is 0 Å². The lowest BCUT2D eigenvalue weighted by molar-refractivity contribution is -0.0832. The predicted molar refractivity (Wildman–Crippen MR) is 65.0 cm³/mol. The third-order valence-corrected chi connectivity index (χ3v) is 2.41. The molecule has 2 N–H and O–H groups in total. The van der Waals surface area contributed by atoms with Gasteiger partial charge in [-0.2, -0.15) is 0 Å². The average Bonchev–Trinajstić information content (AvgIpc) is 2.30. The lowest BCUT2D eigenvalue weighted by Crippen LogP contribution is -2.31. The smallest absolute Gasteiger partial charge is 0.151 e. The molecule has 0 aromatic heterocycles. The first-order chi connectivity index (χ1) is 7.65. The molecule has 0 amide bonds. The number of rotatable bonds is 3. The van der Waals surface area contributed by atoms with Crippen LogP contribution < -0.4 is 5.73 Å². The fourth-order valence-corrected chi connectivity index (χ4v) is 1.29. The lowest BCUT2D eigenvalue weighted by atomic mass is 10.2. The molecule has 0 aromatic carbocycles. The second kappa shape index (κ2) is 6.40. The number of hydrogen-bond acceptors (Lipinski definition) is 4. The van der Waals surface area contributed by atoms with E-state index in [0.29, 0.717) is 37.9 Å². The van der Waals surface area contributed by atoms with Gasteiger partial charge in [-0.3, -0.25) is 4.99 Å². The fraction of sp³-hybridized carbons (Fsp3) is 0.636. The highest BCUT2D eigenvalue weighted by Crippen LogP contribution is 2.05.